The number of ether oxygens (including phenoxy) is 3. The van der Waals surface area contributed by atoms with Crippen molar-refractivity contribution in [2.75, 3.05) is 25.1 Å². The van der Waals surface area contributed by atoms with Crippen LogP contribution in [0.25, 0.3) is 0 Å². The van der Waals surface area contributed by atoms with Crippen LogP contribution < -0.4 is 10.1 Å². The molecule has 0 bridgehead atoms. The molecular formula is C15H19NO6. The predicted octanol–water partition coefficient (Wildman–Crippen LogP) is 1.53. The van der Waals surface area contributed by atoms with Crippen molar-refractivity contribution in [3.05, 3.63) is 23.8 Å². The van der Waals surface area contributed by atoms with Gasteiger partial charge in [-0.05, 0) is 32.0 Å². The second kappa shape index (κ2) is 7.24. The number of rotatable bonds is 5. The lowest BCUT2D eigenvalue weighted by atomic mass is 10.1. The number of hydrogen-bond acceptors (Lipinski definition) is 5. The fraction of sp³-hybridized carbons (Fsp3) is 0.467. The fourth-order valence-corrected chi connectivity index (χ4v) is 1.97. The first-order valence-corrected chi connectivity index (χ1v) is 7.01. The van der Waals surface area contributed by atoms with Crippen molar-refractivity contribution in [2.45, 2.75) is 26.1 Å². The summed E-state index contributed by atoms with van der Waals surface area (Å²) >= 11 is 0. The van der Waals surface area contributed by atoms with Crippen LogP contribution in [-0.2, 0) is 14.3 Å². The Morgan fingerprint density at radius 3 is 2.73 bits per heavy atom. The zero-order valence-corrected chi connectivity index (χ0v) is 12.5. The first kappa shape index (κ1) is 16.3. The molecule has 1 heterocycles. The molecule has 1 aliphatic heterocycles. The number of nitrogens with one attached hydrogen (secondary N) is 1. The highest BCUT2D eigenvalue weighted by molar-refractivity contribution is 5.97. The molecule has 1 aromatic carbocycles. The normalized spacial score (nSPS) is 18.0. The summed E-state index contributed by atoms with van der Waals surface area (Å²) in [7, 11) is 0. The van der Waals surface area contributed by atoms with Crippen LogP contribution in [-0.4, -0.2) is 49.0 Å². The average molecular weight is 309 g/mol. The van der Waals surface area contributed by atoms with Crippen molar-refractivity contribution in [3.63, 3.8) is 0 Å². The summed E-state index contributed by atoms with van der Waals surface area (Å²) < 4.78 is 16.1. The minimum absolute atomic E-state index is 0.0622. The lowest BCUT2D eigenvalue weighted by Crippen LogP contribution is -2.39. The molecule has 2 N–H and O–H groups in total. The summed E-state index contributed by atoms with van der Waals surface area (Å²) in [5, 5.41) is 11.7. The highest BCUT2D eigenvalue weighted by Crippen LogP contribution is 2.27. The summed E-state index contributed by atoms with van der Waals surface area (Å²) in [6.07, 6.45) is -0.824. The van der Waals surface area contributed by atoms with Crippen LogP contribution >= 0.6 is 0 Å². The number of carboxylic acid groups (broad SMARTS) is 1. The fourth-order valence-electron chi connectivity index (χ4n) is 1.97. The standard InChI is InChI=1S/C15H19NO6/c1-9(2)22-12-4-3-10(15(18)19)7-11(12)16-14(17)13-8-20-5-6-21-13/h3-4,7,9,13H,5-6,8H2,1-2H3,(H,16,17)(H,18,19)/t13-/m0/s1. The van der Waals surface area contributed by atoms with E-state index in [0.717, 1.165) is 0 Å². The Bertz CT molecular complexity index is 551. The van der Waals surface area contributed by atoms with Crippen molar-refractivity contribution in [2.24, 2.45) is 0 Å². The number of aromatic carboxylic acids is 1. The van der Waals surface area contributed by atoms with Crippen LogP contribution in [0.2, 0.25) is 0 Å². The molecule has 22 heavy (non-hydrogen) atoms. The quantitative estimate of drug-likeness (QED) is 0.856. The van der Waals surface area contributed by atoms with E-state index in [1.165, 1.54) is 18.2 Å². The molecule has 1 saturated heterocycles. The number of anilines is 1. The third kappa shape index (κ3) is 4.19. The monoisotopic (exact) mass is 309 g/mol. The van der Waals surface area contributed by atoms with Gasteiger partial charge in [-0.3, -0.25) is 4.79 Å². The Labute approximate surface area is 128 Å². The van der Waals surface area contributed by atoms with Crippen molar-refractivity contribution < 1.29 is 28.9 Å². The van der Waals surface area contributed by atoms with Gasteiger partial charge in [0.15, 0.2) is 6.10 Å². The first-order valence-electron chi connectivity index (χ1n) is 7.01. The Balaban J connectivity index is 2.19. The molecule has 1 aliphatic rings. The number of benzene rings is 1. The summed E-state index contributed by atoms with van der Waals surface area (Å²) in [6, 6.07) is 4.31. The van der Waals surface area contributed by atoms with E-state index < -0.39 is 18.0 Å². The molecule has 7 nitrogen and oxygen atoms in total. The van der Waals surface area contributed by atoms with Gasteiger partial charge in [-0.15, -0.1) is 0 Å². The molecule has 1 atom stereocenters. The van der Waals surface area contributed by atoms with Crippen LogP contribution in [0.15, 0.2) is 18.2 Å². The Morgan fingerprint density at radius 2 is 2.14 bits per heavy atom. The van der Waals surface area contributed by atoms with Crippen molar-refractivity contribution in [1.82, 2.24) is 0 Å². The minimum Gasteiger partial charge on any atom is -0.489 e. The molecule has 0 aliphatic carbocycles. The topological polar surface area (TPSA) is 94.1 Å². The number of carbonyl (C=O) groups is 2. The summed E-state index contributed by atoms with van der Waals surface area (Å²) in [6.45, 7) is 4.66. The van der Waals surface area contributed by atoms with Crippen LogP contribution in [0, 0.1) is 0 Å². The third-order valence-electron chi connectivity index (χ3n) is 2.96. The van der Waals surface area contributed by atoms with E-state index >= 15 is 0 Å². The largest absolute Gasteiger partial charge is 0.489 e. The van der Waals surface area contributed by atoms with Gasteiger partial charge in [0, 0.05) is 0 Å². The molecule has 1 aromatic rings. The van der Waals surface area contributed by atoms with E-state index in [2.05, 4.69) is 5.32 Å². The van der Waals surface area contributed by atoms with E-state index in [1.807, 2.05) is 13.8 Å². The Hall–Kier alpha value is -2.12. The minimum atomic E-state index is -1.08. The highest BCUT2D eigenvalue weighted by Gasteiger charge is 2.24. The first-order chi connectivity index (χ1) is 10.5. The number of amides is 1. The molecule has 1 fully saturated rings. The van der Waals surface area contributed by atoms with Gasteiger partial charge in [0.25, 0.3) is 5.91 Å². The van der Waals surface area contributed by atoms with E-state index in [9.17, 15) is 9.59 Å². The second-order valence-corrected chi connectivity index (χ2v) is 5.11. The summed E-state index contributed by atoms with van der Waals surface area (Å²) in [5.74, 6) is -1.07. The molecule has 0 aromatic heterocycles. The van der Waals surface area contributed by atoms with E-state index in [-0.39, 0.29) is 18.3 Å². The van der Waals surface area contributed by atoms with Gasteiger partial charge in [-0.2, -0.15) is 0 Å². The number of carboxylic acids is 1. The molecule has 1 amide bonds. The molecule has 0 radical (unpaired) electrons. The van der Waals surface area contributed by atoms with E-state index in [4.69, 9.17) is 19.3 Å². The predicted molar refractivity (Wildman–Crippen MR) is 78.4 cm³/mol. The zero-order chi connectivity index (χ0) is 16.1. The van der Waals surface area contributed by atoms with Gasteiger partial charge in [-0.25, -0.2) is 4.79 Å². The maximum absolute atomic E-state index is 12.2. The molecule has 120 valence electrons. The van der Waals surface area contributed by atoms with Crippen LogP contribution in [0.3, 0.4) is 0 Å². The van der Waals surface area contributed by atoms with E-state index in [0.29, 0.717) is 24.7 Å². The van der Waals surface area contributed by atoms with Gasteiger partial charge >= 0.3 is 5.97 Å². The van der Waals surface area contributed by atoms with Gasteiger partial charge in [0.05, 0.1) is 37.2 Å². The zero-order valence-electron chi connectivity index (χ0n) is 12.5. The molecule has 0 spiro atoms. The van der Waals surface area contributed by atoms with Crippen LogP contribution in [0.5, 0.6) is 5.75 Å². The highest BCUT2D eigenvalue weighted by atomic mass is 16.6. The molecule has 7 heteroatoms. The van der Waals surface area contributed by atoms with Gasteiger partial charge in [0.2, 0.25) is 0 Å². The third-order valence-corrected chi connectivity index (χ3v) is 2.96. The molecule has 0 saturated carbocycles. The Kier molecular flexibility index (Phi) is 5.35. The van der Waals surface area contributed by atoms with Crippen LogP contribution in [0.4, 0.5) is 5.69 Å². The lowest BCUT2D eigenvalue weighted by molar-refractivity contribution is -0.142. The smallest absolute Gasteiger partial charge is 0.335 e. The number of carbonyl (C=O) groups excluding carboxylic acids is 1. The SMILES string of the molecule is CC(C)Oc1ccc(C(=O)O)cc1NC(=O)[C@@H]1COCCO1. The Morgan fingerprint density at radius 1 is 1.36 bits per heavy atom. The van der Waals surface area contributed by atoms with E-state index in [1.54, 1.807) is 0 Å². The van der Waals surface area contributed by atoms with Crippen molar-refractivity contribution in [3.8, 4) is 5.75 Å². The second-order valence-electron chi connectivity index (χ2n) is 5.11. The molecular weight excluding hydrogens is 290 g/mol. The van der Waals surface area contributed by atoms with Gasteiger partial charge < -0.3 is 24.6 Å². The van der Waals surface area contributed by atoms with Crippen molar-refractivity contribution >= 4 is 17.6 Å². The molecule has 0 unspecified atom stereocenters. The average Bonchev–Trinajstić information content (AvgIpc) is 2.49. The maximum Gasteiger partial charge on any atom is 0.335 e. The summed E-state index contributed by atoms with van der Waals surface area (Å²) in [5.41, 5.74) is 0.361. The maximum atomic E-state index is 12.2. The summed E-state index contributed by atoms with van der Waals surface area (Å²) in [4.78, 5) is 23.2. The lowest BCUT2D eigenvalue weighted by Gasteiger charge is -2.23. The van der Waals surface area contributed by atoms with Crippen molar-refractivity contribution in [1.29, 1.82) is 0 Å². The molecule has 2 rings (SSSR count). The number of hydrogen-bond donors (Lipinski definition) is 2. The van der Waals surface area contributed by atoms with Gasteiger partial charge in [0.1, 0.15) is 5.75 Å². The van der Waals surface area contributed by atoms with Gasteiger partial charge in [-0.1, -0.05) is 0 Å². The van der Waals surface area contributed by atoms with Crippen LogP contribution in [0.1, 0.15) is 24.2 Å².